The standard InChI is InChI=1S/C11H23N2/c1-13(2)10-4-3-5-11-6-8-12-9-7-11/h3,11-12H,4-10H2,1-2H3. The van der Waals surface area contributed by atoms with E-state index >= 15 is 0 Å². The van der Waals surface area contributed by atoms with Crippen LogP contribution in [0.5, 0.6) is 0 Å². The topological polar surface area (TPSA) is 15.3 Å². The van der Waals surface area contributed by atoms with E-state index in [1.54, 1.807) is 0 Å². The third kappa shape index (κ3) is 5.27. The summed E-state index contributed by atoms with van der Waals surface area (Å²) in [7, 11) is 4.27. The minimum atomic E-state index is 0.961. The zero-order valence-electron chi connectivity index (χ0n) is 9.05. The molecule has 1 radical (unpaired) electrons. The van der Waals surface area contributed by atoms with Crippen LogP contribution < -0.4 is 5.32 Å². The minimum Gasteiger partial charge on any atom is -0.317 e. The van der Waals surface area contributed by atoms with Crippen LogP contribution in [0.2, 0.25) is 0 Å². The lowest BCUT2D eigenvalue weighted by Crippen LogP contribution is -2.27. The van der Waals surface area contributed by atoms with Gasteiger partial charge in [0.2, 0.25) is 0 Å². The van der Waals surface area contributed by atoms with Gasteiger partial charge in [-0.1, -0.05) is 0 Å². The molecule has 0 atom stereocenters. The van der Waals surface area contributed by atoms with Crippen molar-refractivity contribution in [3.63, 3.8) is 0 Å². The quantitative estimate of drug-likeness (QED) is 0.650. The van der Waals surface area contributed by atoms with Crippen LogP contribution >= 0.6 is 0 Å². The molecule has 1 saturated heterocycles. The van der Waals surface area contributed by atoms with Gasteiger partial charge in [0, 0.05) is 0 Å². The van der Waals surface area contributed by atoms with Gasteiger partial charge in [0.15, 0.2) is 0 Å². The molecule has 13 heavy (non-hydrogen) atoms. The summed E-state index contributed by atoms with van der Waals surface area (Å²) in [4.78, 5) is 2.25. The van der Waals surface area contributed by atoms with Gasteiger partial charge in [0.25, 0.3) is 0 Å². The highest BCUT2D eigenvalue weighted by Gasteiger charge is 2.11. The van der Waals surface area contributed by atoms with Crippen LogP contribution in [-0.4, -0.2) is 38.6 Å². The number of unbranched alkanes of at least 4 members (excludes halogenated alkanes) is 1. The Morgan fingerprint density at radius 1 is 1.31 bits per heavy atom. The van der Waals surface area contributed by atoms with Gasteiger partial charge in [-0.3, -0.25) is 0 Å². The van der Waals surface area contributed by atoms with Crippen molar-refractivity contribution in [3.8, 4) is 0 Å². The SMILES string of the molecule is CN(C)CC[CH]CC1CCNCC1. The van der Waals surface area contributed by atoms with Gasteiger partial charge in [-0.25, -0.2) is 0 Å². The molecule has 0 bridgehead atoms. The summed E-state index contributed by atoms with van der Waals surface area (Å²) >= 11 is 0. The molecule has 2 heteroatoms. The third-order valence-electron chi connectivity index (χ3n) is 2.74. The summed E-state index contributed by atoms with van der Waals surface area (Å²) in [6.45, 7) is 3.66. The van der Waals surface area contributed by atoms with E-state index in [0.29, 0.717) is 0 Å². The molecule has 1 heterocycles. The first-order valence-corrected chi connectivity index (χ1v) is 5.46. The summed E-state index contributed by atoms with van der Waals surface area (Å²) in [6.07, 6.45) is 7.79. The van der Waals surface area contributed by atoms with Crippen LogP contribution in [-0.2, 0) is 0 Å². The van der Waals surface area contributed by atoms with E-state index < -0.39 is 0 Å². The molecule has 77 valence electrons. The molecular weight excluding hydrogens is 160 g/mol. The third-order valence-corrected chi connectivity index (χ3v) is 2.74. The zero-order valence-corrected chi connectivity index (χ0v) is 9.05. The smallest absolute Gasteiger partial charge is 0.00221 e. The summed E-state index contributed by atoms with van der Waals surface area (Å²) in [6, 6.07) is 0. The van der Waals surface area contributed by atoms with Crippen molar-refractivity contribution in [1.82, 2.24) is 10.2 Å². The molecule has 0 unspecified atom stereocenters. The average Bonchev–Trinajstić information content (AvgIpc) is 2.14. The van der Waals surface area contributed by atoms with E-state index in [1.165, 1.54) is 45.3 Å². The summed E-state index contributed by atoms with van der Waals surface area (Å²) in [5.74, 6) is 0.961. The first-order valence-electron chi connectivity index (χ1n) is 5.46. The molecule has 0 amide bonds. The monoisotopic (exact) mass is 183 g/mol. The lowest BCUT2D eigenvalue weighted by Gasteiger charge is -2.22. The largest absolute Gasteiger partial charge is 0.317 e. The lowest BCUT2D eigenvalue weighted by molar-refractivity contribution is 0.358. The Balaban J connectivity index is 1.92. The Morgan fingerprint density at radius 3 is 2.62 bits per heavy atom. The van der Waals surface area contributed by atoms with E-state index in [1.807, 2.05) is 0 Å². The van der Waals surface area contributed by atoms with E-state index in [-0.39, 0.29) is 0 Å². The van der Waals surface area contributed by atoms with Crippen molar-refractivity contribution < 1.29 is 0 Å². The molecule has 0 aromatic rings. The fraction of sp³-hybridized carbons (Fsp3) is 0.909. The highest BCUT2D eigenvalue weighted by Crippen LogP contribution is 2.17. The van der Waals surface area contributed by atoms with Crippen LogP contribution in [0.15, 0.2) is 0 Å². The minimum absolute atomic E-state index is 0.961. The second kappa shape index (κ2) is 6.39. The highest BCUT2D eigenvalue weighted by atomic mass is 15.0. The van der Waals surface area contributed by atoms with E-state index in [2.05, 4.69) is 30.7 Å². The fourth-order valence-electron chi connectivity index (χ4n) is 1.82. The molecule has 1 aliphatic rings. The summed E-state index contributed by atoms with van der Waals surface area (Å²) in [5, 5.41) is 3.40. The number of rotatable bonds is 5. The van der Waals surface area contributed by atoms with E-state index in [9.17, 15) is 0 Å². The highest BCUT2D eigenvalue weighted by molar-refractivity contribution is 4.76. The van der Waals surface area contributed by atoms with Gasteiger partial charge in [0.1, 0.15) is 0 Å². The zero-order chi connectivity index (χ0) is 9.52. The molecule has 1 rings (SSSR count). The maximum absolute atomic E-state index is 3.40. The first-order chi connectivity index (χ1) is 6.29. The van der Waals surface area contributed by atoms with Gasteiger partial charge >= 0.3 is 0 Å². The van der Waals surface area contributed by atoms with Crippen molar-refractivity contribution in [2.75, 3.05) is 33.7 Å². The number of hydrogen-bond acceptors (Lipinski definition) is 2. The van der Waals surface area contributed by atoms with Gasteiger partial charge in [-0.15, -0.1) is 0 Å². The van der Waals surface area contributed by atoms with Crippen molar-refractivity contribution >= 4 is 0 Å². The second-order valence-corrected chi connectivity index (χ2v) is 4.31. The molecule has 0 aliphatic carbocycles. The molecular formula is C11H23N2. The summed E-state index contributed by atoms with van der Waals surface area (Å²) < 4.78 is 0. The number of nitrogens with zero attached hydrogens (tertiary/aromatic N) is 1. The van der Waals surface area contributed by atoms with Crippen molar-refractivity contribution in [2.45, 2.75) is 25.7 Å². The Kier molecular flexibility index (Phi) is 5.40. The summed E-state index contributed by atoms with van der Waals surface area (Å²) in [5.41, 5.74) is 0. The first kappa shape index (κ1) is 11.0. The molecule has 1 fully saturated rings. The Labute approximate surface area is 82.7 Å². The van der Waals surface area contributed by atoms with Gasteiger partial charge in [-0.05, 0) is 71.8 Å². The normalized spacial score (nSPS) is 19.6. The Morgan fingerprint density at radius 2 is 2.00 bits per heavy atom. The maximum Gasteiger partial charge on any atom is -0.00221 e. The van der Waals surface area contributed by atoms with Crippen LogP contribution in [0.1, 0.15) is 25.7 Å². The Bertz CT molecular complexity index is 117. The maximum atomic E-state index is 3.40. The van der Waals surface area contributed by atoms with Gasteiger partial charge in [-0.2, -0.15) is 0 Å². The van der Waals surface area contributed by atoms with Crippen molar-refractivity contribution in [3.05, 3.63) is 6.42 Å². The fourth-order valence-corrected chi connectivity index (χ4v) is 1.82. The lowest BCUT2D eigenvalue weighted by atomic mass is 9.92. The van der Waals surface area contributed by atoms with Gasteiger partial charge in [0.05, 0.1) is 0 Å². The molecule has 1 N–H and O–H groups in total. The van der Waals surface area contributed by atoms with Crippen LogP contribution in [0.3, 0.4) is 0 Å². The molecule has 1 aliphatic heterocycles. The molecule has 0 saturated carbocycles. The van der Waals surface area contributed by atoms with Gasteiger partial charge < -0.3 is 10.2 Å². The van der Waals surface area contributed by atoms with Crippen molar-refractivity contribution in [1.29, 1.82) is 0 Å². The molecule has 0 aromatic carbocycles. The molecule has 0 spiro atoms. The predicted octanol–water partition coefficient (Wildman–Crippen LogP) is 1.53. The number of nitrogens with one attached hydrogen (secondary N) is 1. The molecule has 0 aromatic heterocycles. The second-order valence-electron chi connectivity index (χ2n) is 4.31. The van der Waals surface area contributed by atoms with Crippen LogP contribution in [0.4, 0.5) is 0 Å². The van der Waals surface area contributed by atoms with E-state index in [0.717, 1.165) is 5.92 Å². The van der Waals surface area contributed by atoms with Crippen molar-refractivity contribution in [2.24, 2.45) is 5.92 Å². The van der Waals surface area contributed by atoms with E-state index in [4.69, 9.17) is 0 Å². The molecule has 2 nitrogen and oxygen atoms in total. The predicted molar refractivity (Wildman–Crippen MR) is 57.7 cm³/mol. The van der Waals surface area contributed by atoms with Crippen LogP contribution in [0.25, 0.3) is 0 Å². The Hall–Kier alpha value is -0.0800. The number of hydrogen-bond donors (Lipinski definition) is 1. The number of piperidine rings is 1. The average molecular weight is 183 g/mol. The van der Waals surface area contributed by atoms with Crippen LogP contribution in [0, 0.1) is 12.3 Å².